The normalized spacial score (nSPS) is 16.9. The Morgan fingerprint density at radius 3 is 2.88 bits per heavy atom. The van der Waals surface area contributed by atoms with Crippen LogP contribution in [-0.4, -0.2) is 26.5 Å². The maximum absolute atomic E-state index is 11.6. The molecule has 1 atom stereocenters. The van der Waals surface area contributed by atoms with Crippen molar-refractivity contribution in [3.8, 4) is 0 Å². The Morgan fingerprint density at radius 1 is 1.41 bits per heavy atom. The van der Waals surface area contributed by atoms with Crippen LogP contribution in [0.5, 0.6) is 0 Å². The number of hydrogen-bond donors (Lipinski definition) is 1. The second kappa shape index (κ2) is 4.88. The molecule has 0 radical (unpaired) electrons. The first-order chi connectivity index (χ1) is 8.13. The summed E-state index contributed by atoms with van der Waals surface area (Å²) in [6, 6.07) is 6.46. The predicted octanol–water partition coefficient (Wildman–Crippen LogP) is 1.92. The molecule has 1 heterocycles. The molecule has 0 fully saturated rings. The highest BCUT2D eigenvalue weighted by Crippen LogP contribution is 2.29. The molecule has 1 unspecified atom stereocenters. The first-order valence-electron chi connectivity index (χ1n) is 6.17. The number of carbonyl (C=O) groups is 1. The van der Waals surface area contributed by atoms with Crippen molar-refractivity contribution in [2.75, 3.05) is 25.5 Å². The summed E-state index contributed by atoms with van der Waals surface area (Å²) in [4.78, 5) is 13.4. The van der Waals surface area contributed by atoms with Gasteiger partial charge in [-0.15, -0.1) is 0 Å². The van der Waals surface area contributed by atoms with Crippen LogP contribution in [0.2, 0.25) is 0 Å². The summed E-state index contributed by atoms with van der Waals surface area (Å²) in [5.41, 5.74) is 3.72. The van der Waals surface area contributed by atoms with E-state index in [1.54, 1.807) is 4.90 Å². The van der Waals surface area contributed by atoms with Crippen LogP contribution >= 0.6 is 0 Å². The van der Waals surface area contributed by atoms with Gasteiger partial charge in [0.1, 0.15) is 0 Å². The minimum Gasteiger partial charge on any atom is -0.319 e. The van der Waals surface area contributed by atoms with E-state index in [9.17, 15) is 4.79 Å². The molecule has 1 aromatic rings. The van der Waals surface area contributed by atoms with Gasteiger partial charge in [0.05, 0.1) is 0 Å². The van der Waals surface area contributed by atoms with Gasteiger partial charge in [-0.1, -0.05) is 19.1 Å². The molecule has 92 valence electrons. The van der Waals surface area contributed by atoms with Crippen molar-refractivity contribution in [2.24, 2.45) is 0 Å². The third-order valence-corrected chi connectivity index (χ3v) is 3.53. The number of anilines is 1. The fourth-order valence-corrected chi connectivity index (χ4v) is 2.41. The lowest BCUT2D eigenvalue weighted by molar-refractivity contribution is -0.118. The Labute approximate surface area is 103 Å². The second-order valence-electron chi connectivity index (χ2n) is 4.80. The van der Waals surface area contributed by atoms with Gasteiger partial charge in [-0.2, -0.15) is 0 Å². The van der Waals surface area contributed by atoms with Crippen molar-refractivity contribution in [1.82, 2.24) is 5.32 Å². The summed E-state index contributed by atoms with van der Waals surface area (Å²) >= 11 is 0. The maximum Gasteiger partial charge on any atom is 0.227 e. The van der Waals surface area contributed by atoms with E-state index in [4.69, 9.17) is 0 Å². The zero-order chi connectivity index (χ0) is 12.4. The van der Waals surface area contributed by atoms with Gasteiger partial charge < -0.3 is 10.2 Å². The number of aryl methyl sites for hydroxylation is 1. The smallest absolute Gasteiger partial charge is 0.227 e. The number of nitrogens with zero attached hydrogens (tertiary/aromatic N) is 1. The van der Waals surface area contributed by atoms with E-state index in [1.165, 1.54) is 11.1 Å². The molecular weight excluding hydrogens is 212 g/mol. The van der Waals surface area contributed by atoms with Crippen LogP contribution < -0.4 is 10.2 Å². The molecule has 1 N–H and O–H groups in total. The molecule has 0 spiro atoms. The van der Waals surface area contributed by atoms with Crippen LogP contribution in [0.25, 0.3) is 0 Å². The average Bonchev–Trinajstić information content (AvgIpc) is 2.34. The van der Waals surface area contributed by atoms with Crippen molar-refractivity contribution in [3.05, 3.63) is 29.3 Å². The lowest BCUT2D eigenvalue weighted by atomic mass is 9.94. The summed E-state index contributed by atoms with van der Waals surface area (Å²) in [5.74, 6) is 0.724. The Bertz CT molecular complexity index is 428. The molecule has 1 aliphatic rings. The van der Waals surface area contributed by atoms with Crippen LogP contribution in [-0.2, 0) is 11.2 Å². The Hall–Kier alpha value is -1.35. The summed E-state index contributed by atoms with van der Waals surface area (Å²) in [6.45, 7) is 3.20. The van der Waals surface area contributed by atoms with E-state index >= 15 is 0 Å². The molecule has 0 aromatic heterocycles. The summed E-state index contributed by atoms with van der Waals surface area (Å²) in [6.07, 6.45) is 1.51. The minimum absolute atomic E-state index is 0.216. The standard InChI is InChI=1S/C14H20N2O/c1-10(9-15-2)11-4-6-13-12(8-11)5-7-14(17)16(13)3/h4,6,8,10,15H,5,7,9H2,1-3H3. The molecular formula is C14H20N2O. The molecule has 1 aromatic carbocycles. The van der Waals surface area contributed by atoms with Crippen LogP contribution in [0.4, 0.5) is 5.69 Å². The highest BCUT2D eigenvalue weighted by molar-refractivity contribution is 5.95. The lowest BCUT2D eigenvalue weighted by Crippen LogP contribution is -2.31. The number of nitrogens with one attached hydrogen (secondary N) is 1. The van der Waals surface area contributed by atoms with Crippen molar-refractivity contribution >= 4 is 11.6 Å². The highest BCUT2D eigenvalue weighted by Gasteiger charge is 2.21. The number of benzene rings is 1. The van der Waals surface area contributed by atoms with Gasteiger partial charge in [-0.25, -0.2) is 0 Å². The second-order valence-corrected chi connectivity index (χ2v) is 4.80. The molecule has 2 rings (SSSR count). The topological polar surface area (TPSA) is 32.3 Å². The van der Waals surface area contributed by atoms with Gasteiger partial charge in [-0.05, 0) is 36.6 Å². The molecule has 1 amide bonds. The Morgan fingerprint density at radius 2 is 2.18 bits per heavy atom. The first-order valence-corrected chi connectivity index (χ1v) is 6.17. The number of fused-ring (bicyclic) bond motifs is 1. The van der Waals surface area contributed by atoms with Gasteiger partial charge in [0, 0.05) is 25.7 Å². The zero-order valence-electron chi connectivity index (χ0n) is 10.8. The van der Waals surface area contributed by atoms with Crippen molar-refractivity contribution in [3.63, 3.8) is 0 Å². The van der Waals surface area contributed by atoms with Gasteiger partial charge >= 0.3 is 0 Å². The van der Waals surface area contributed by atoms with Crippen LogP contribution in [0.3, 0.4) is 0 Å². The largest absolute Gasteiger partial charge is 0.319 e. The number of amides is 1. The molecule has 3 heteroatoms. The van der Waals surface area contributed by atoms with Crippen LogP contribution in [0.15, 0.2) is 18.2 Å². The first kappa shape index (κ1) is 12.1. The van der Waals surface area contributed by atoms with E-state index in [0.717, 1.165) is 18.7 Å². The fourth-order valence-electron chi connectivity index (χ4n) is 2.41. The molecule has 1 aliphatic heterocycles. The van der Waals surface area contributed by atoms with Crippen LogP contribution in [0, 0.1) is 0 Å². The summed E-state index contributed by atoms with van der Waals surface area (Å²) in [7, 11) is 3.83. The van der Waals surface area contributed by atoms with Crippen molar-refractivity contribution in [1.29, 1.82) is 0 Å². The number of rotatable bonds is 3. The summed E-state index contributed by atoms with van der Waals surface area (Å²) in [5, 5.41) is 3.20. The third-order valence-electron chi connectivity index (χ3n) is 3.53. The third kappa shape index (κ3) is 2.34. The quantitative estimate of drug-likeness (QED) is 0.863. The Kier molecular flexibility index (Phi) is 3.48. The van der Waals surface area contributed by atoms with Gasteiger partial charge in [0.25, 0.3) is 0 Å². The van der Waals surface area contributed by atoms with E-state index in [0.29, 0.717) is 12.3 Å². The molecule has 0 aliphatic carbocycles. The predicted molar refractivity (Wildman–Crippen MR) is 70.5 cm³/mol. The zero-order valence-corrected chi connectivity index (χ0v) is 10.8. The molecule has 3 nitrogen and oxygen atoms in total. The number of likely N-dealkylation sites (N-methyl/N-ethyl adjacent to an activating group) is 1. The number of carbonyl (C=O) groups excluding carboxylic acids is 1. The van der Waals surface area contributed by atoms with E-state index in [2.05, 4.69) is 30.4 Å². The van der Waals surface area contributed by atoms with Crippen molar-refractivity contribution < 1.29 is 4.79 Å². The van der Waals surface area contributed by atoms with Gasteiger partial charge in [0.15, 0.2) is 0 Å². The van der Waals surface area contributed by atoms with Crippen molar-refractivity contribution in [2.45, 2.75) is 25.7 Å². The molecule has 0 saturated carbocycles. The monoisotopic (exact) mass is 232 g/mol. The molecule has 0 saturated heterocycles. The Balaban J connectivity index is 2.29. The van der Waals surface area contributed by atoms with Crippen LogP contribution in [0.1, 0.15) is 30.4 Å². The lowest BCUT2D eigenvalue weighted by Gasteiger charge is -2.26. The van der Waals surface area contributed by atoms with E-state index in [1.807, 2.05) is 14.1 Å². The SMILES string of the molecule is CNCC(C)c1ccc2c(c1)CCC(=O)N2C. The fraction of sp³-hybridized carbons (Fsp3) is 0.500. The van der Waals surface area contributed by atoms with E-state index in [-0.39, 0.29) is 5.91 Å². The maximum atomic E-state index is 11.6. The number of hydrogen-bond acceptors (Lipinski definition) is 2. The average molecular weight is 232 g/mol. The molecule has 0 bridgehead atoms. The highest BCUT2D eigenvalue weighted by atomic mass is 16.2. The van der Waals surface area contributed by atoms with E-state index < -0.39 is 0 Å². The minimum atomic E-state index is 0.216. The summed E-state index contributed by atoms with van der Waals surface area (Å²) < 4.78 is 0. The van der Waals surface area contributed by atoms with Gasteiger partial charge in [0.2, 0.25) is 5.91 Å². The molecule has 17 heavy (non-hydrogen) atoms. The van der Waals surface area contributed by atoms with Gasteiger partial charge in [-0.3, -0.25) is 4.79 Å².